The lowest BCUT2D eigenvalue weighted by Crippen LogP contribution is -2.39. The van der Waals surface area contributed by atoms with Gasteiger partial charge in [0.1, 0.15) is 6.04 Å². The molecule has 0 heterocycles. The third kappa shape index (κ3) is 5.88. The first-order valence-electron chi connectivity index (χ1n) is 3.79. The Morgan fingerprint density at radius 1 is 1.46 bits per heavy atom. The first-order valence-corrected chi connectivity index (χ1v) is 3.79. The van der Waals surface area contributed by atoms with E-state index in [-0.39, 0.29) is 0 Å². The molecule has 0 unspecified atom stereocenters. The van der Waals surface area contributed by atoms with Crippen molar-refractivity contribution in [2.24, 2.45) is 17.2 Å². The first kappa shape index (κ1) is 11.7. The van der Waals surface area contributed by atoms with Crippen molar-refractivity contribution < 1.29 is 14.4 Å². The van der Waals surface area contributed by atoms with Gasteiger partial charge in [-0.1, -0.05) is 0 Å². The molecule has 0 aromatic heterocycles. The van der Waals surface area contributed by atoms with Gasteiger partial charge in [0.2, 0.25) is 0 Å². The van der Waals surface area contributed by atoms with E-state index in [0.717, 1.165) is 0 Å². The van der Waals surface area contributed by atoms with Crippen LogP contribution in [0, 0.1) is 0 Å². The predicted octanol–water partition coefficient (Wildman–Crippen LogP) is -1.82. The van der Waals surface area contributed by atoms with Crippen molar-refractivity contribution in [2.75, 3.05) is 6.54 Å². The van der Waals surface area contributed by atoms with Crippen molar-refractivity contribution in [2.45, 2.75) is 18.9 Å². The van der Waals surface area contributed by atoms with Gasteiger partial charge < -0.3 is 22.0 Å². The zero-order chi connectivity index (χ0) is 10.3. The summed E-state index contributed by atoms with van der Waals surface area (Å²) in [6.45, 7) is 0.449. The van der Waals surface area contributed by atoms with Crippen molar-refractivity contribution in [1.82, 2.24) is 5.48 Å². The van der Waals surface area contributed by atoms with Crippen LogP contribution >= 0.6 is 0 Å². The monoisotopic (exact) mass is 190 g/mol. The third-order valence-corrected chi connectivity index (χ3v) is 1.27. The average Bonchev–Trinajstić information content (AvgIpc) is 2.10. The Morgan fingerprint density at radius 2 is 2.08 bits per heavy atom. The van der Waals surface area contributed by atoms with Crippen LogP contribution in [0.3, 0.4) is 0 Å². The number of primary amides is 1. The van der Waals surface area contributed by atoms with Crippen LogP contribution in [0.4, 0.5) is 4.79 Å². The van der Waals surface area contributed by atoms with E-state index in [0.29, 0.717) is 19.4 Å². The topological polar surface area (TPSA) is 133 Å². The van der Waals surface area contributed by atoms with E-state index >= 15 is 0 Å². The van der Waals surface area contributed by atoms with Crippen LogP contribution in [0.2, 0.25) is 0 Å². The van der Waals surface area contributed by atoms with Crippen LogP contribution < -0.4 is 22.7 Å². The molecule has 0 fully saturated rings. The van der Waals surface area contributed by atoms with Gasteiger partial charge in [0.25, 0.3) is 0 Å². The molecule has 0 aromatic carbocycles. The highest BCUT2D eigenvalue weighted by molar-refractivity contribution is 5.78. The molecule has 0 bridgehead atoms. The second-order valence-corrected chi connectivity index (χ2v) is 2.42. The molecule has 0 rings (SSSR count). The summed E-state index contributed by atoms with van der Waals surface area (Å²) >= 11 is 0. The van der Waals surface area contributed by atoms with Crippen molar-refractivity contribution in [3.05, 3.63) is 0 Å². The highest BCUT2D eigenvalue weighted by atomic mass is 16.7. The van der Waals surface area contributed by atoms with Crippen molar-refractivity contribution >= 4 is 12.0 Å². The zero-order valence-electron chi connectivity index (χ0n) is 7.16. The number of hydroxylamine groups is 1. The molecule has 2 amide bonds. The number of amides is 2. The first-order chi connectivity index (χ1) is 6.07. The predicted molar refractivity (Wildman–Crippen MR) is 45.1 cm³/mol. The standard InChI is InChI=1S/C6H14N4O3/c7-3-1-2-4(8)5(11)13-10-6(9)12/h4H,1-3,7-8H2,(H3,9,10,12)/t4-/m1/s1. The molecule has 7 heteroatoms. The molecule has 0 saturated carbocycles. The number of urea groups is 1. The lowest BCUT2D eigenvalue weighted by Gasteiger charge is -2.09. The number of carbonyl (C=O) groups excluding carboxylic acids is 2. The van der Waals surface area contributed by atoms with Crippen LogP contribution in [-0.4, -0.2) is 24.6 Å². The summed E-state index contributed by atoms with van der Waals surface area (Å²) in [6, 6.07) is -1.73. The maximum Gasteiger partial charge on any atom is 0.348 e. The van der Waals surface area contributed by atoms with Gasteiger partial charge in [0, 0.05) is 0 Å². The zero-order valence-corrected chi connectivity index (χ0v) is 7.16. The Labute approximate surface area is 75.5 Å². The van der Waals surface area contributed by atoms with Crippen molar-refractivity contribution in [1.29, 1.82) is 0 Å². The van der Waals surface area contributed by atoms with E-state index in [9.17, 15) is 9.59 Å². The second-order valence-electron chi connectivity index (χ2n) is 2.42. The van der Waals surface area contributed by atoms with Crippen LogP contribution in [-0.2, 0) is 9.63 Å². The van der Waals surface area contributed by atoms with E-state index in [1.54, 1.807) is 5.48 Å². The number of nitrogens with one attached hydrogen (secondary N) is 1. The average molecular weight is 190 g/mol. The smallest absolute Gasteiger partial charge is 0.348 e. The minimum atomic E-state index is -0.945. The number of hydrogen-bond acceptors (Lipinski definition) is 5. The molecule has 0 radical (unpaired) electrons. The van der Waals surface area contributed by atoms with Gasteiger partial charge in [-0.15, -0.1) is 0 Å². The van der Waals surface area contributed by atoms with Gasteiger partial charge in [0.05, 0.1) is 0 Å². The van der Waals surface area contributed by atoms with Crippen LogP contribution in [0.5, 0.6) is 0 Å². The van der Waals surface area contributed by atoms with Crippen LogP contribution in [0.25, 0.3) is 0 Å². The highest BCUT2D eigenvalue weighted by Crippen LogP contribution is 1.94. The molecule has 13 heavy (non-hydrogen) atoms. The molecule has 0 aromatic rings. The molecular weight excluding hydrogens is 176 g/mol. The van der Waals surface area contributed by atoms with Crippen LogP contribution in [0.15, 0.2) is 0 Å². The normalized spacial score (nSPS) is 11.8. The van der Waals surface area contributed by atoms with Gasteiger partial charge in [-0.3, -0.25) is 0 Å². The largest absolute Gasteiger partial charge is 0.349 e. The van der Waals surface area contributed by atoms with E-state index in [1.165, 1.54) is 0 Å². The molecule has 0 aliphatic heterocycles. The molecular formula is C6H14N4O3. The lowest BCUT2D eigenvalue weighted by molar-refractivity contribution is -0.150. The minimum Gasteiger partial charge on any atom is -0.349 e. The molecule has 0 aliphatic rings. The summed E-state index contributed by atoms with van der Waals surface area (Å²) in [5.41, 5.74) is 16.9. The van der Waals surface area contributed by atoms with E-state index in [2.05, 4.69) is 10.6 Å². The fourth-order valence-electron chi connectivity index (χ4n) is 0.632. The Balaban J connectivity index is 3.63. The van der Waals surface area contributed by atoms with Gasteiger partial charge in [-0.05, 0) is 19.4 Å². The van der Waals surface area contributed by atoms with E-state index < -0.39 is 18.0 Å². The quantitative estimate of drug-likeness (QED) is 0.387. The van der Waals surface area contributed by atoms with Gasteiger partial charge in [-0.25, -0.2) is 9.59 Å². The molecule has 7 N–H and O–H groups in total. The molecule has 1 atom stereocenters. The number of nitrogens with two attached hydrogens (primary N) is 3. The van der Waals surface area contributed by atoms with Gasteiger partial charge in [-0.2, -0.15) is 5.48 Å². The molecule has 76 valence electrons. The molecule has 0 spiro atoms. The van der Waals surface area contributed by atoms with Gasteiger partial charge in [0.15, 0.2) is 0 Å². The van der Waals surface area contributed by atoms with Crippen molar-refractivity contribution in [3.8, 4) is 0 Å². The Hall–Kier alpha value is -1.34. The molecule has 0 saturated heterocycles. The summed E-state index contributed by atoms with van der Waals surface area (Å²) in [5, 5.41) is 0. The Morgan fingerprint density at radius 3 is 2.54 bits per heavy atom. The van der Waals surface area contributed by atoms with Gasteiger partial charge >= 0.3 is 12.0 Å². The summed E-state index contributed by atoms with van der Waals surface area (Å²) in [4.78, 5) is 25.2. The number of carbonyl (C=O) groups is 2. The second kappa shape index (κ2) is 6.21. The molecule has 7 nitrogen and oxygen atoms in total. The Bertz CT molecular complexity index is 185. The summed E-state index contributed by atoms with van der Waals surface area (Å²) in [7, 11) is 0. The van der Waals surface area contributed by atoms with E-state index in [1.807, 2.05) is 0 Å². The fraction of sp³-hybridized carbons (Fsp3) is 0.667. The number of rotatable bonds is 4. The summed E-state index contributed by atoms with van der Waals surface area (Å²) in [5.74, 6) is -0.729. The fourth-order valence-corrected chi connectivity index (χ4v) is 0.632. The number of hydrogen-bond donors (Lipinski definition) is 4. The minimum absolute atomic E-state index is 0.412. The maximum atomic E-state index is 10.9. The Kier molecular flexibility index (Phi) is 5.57. The van der Waals surface area contributed by atoms with E-state index in [4.69, 9.17) is 11.5 Å². The third-order valence-electron chi connectivity index (χ3n) is 1.27. The highest BCUT2D eigenvalue weighted by Gasteiger charge is 2.14. The summed E-state index contributed by atoms with van der Waals surface area (Å²) < 4.78 is 0. The SMILES string of the molecule is NCCC[C@@H](N)C(=O)ONC(N)=O. The molecule has 0 aliphatic carbocycles. The summed E-state index contributed by atoms with van der Waals surface area (Å²) in [6.07, 6.45) is 1.03. The van der Waals surface area contributed by atoms with Crippen molar-refractivity contribution in [3.63, 3.8) is 0 Å². The van der Waals surface area contributed by atoms with Crippen LogP contribution in [0.1, 0.15) is 12.8 Å². The lowest BCUT2D eigenvalue weighted by atomic mass is 10.2. The maximum absolute atomic E-state index is 10.9.